The lowest BCUT2D eigenvalue weighted by molar-refractivity contribution is 0.186. The maximum Gasteiger partial charge on any atom is 0.413 e. The van der Waals surface area contributed by atoms with E-state index in [2.05, 4.69) is 25.0 Å². The monoisotopic (exact) mass is 348 g/mol. The number of imidazole rings is 1. The van der Waals surface area contributed by atoms with E-state index in [9.17, 15) is 9.59 Å². The smallest absolute Gasteiger partial charge is 0.413 e. The second kappa shape index (κ2) is 6.20. The maximum atomic E-state index is 12.0. The van der Waals surface area contributed by atoms with Gasteiger partial charge >= 0.3 is 6.09 Å². The molecule has 0 radical (unpaired) electrons. The highest BCUT2D eigenvalue weighted by Crippen LogP contribution is 2.19. The summed E-state index contributed by atoms with van der Waals surface area (Å²) in [5.41, 5.74) is 6.28. The molecule has 0 unspecified atom stereocenters. The normalized spacial score (nSPS) is 10.8. The van der Waals surface area contributed by atoms with E-state index >= 15 is 0 Å². The molecule has 124 valence electrons. The number of nitrogen functional groups attached to an aromatic ring is 1. The van der Waals surface area contributed by atoms with Crippen molar-refractivity contribution >= 4 is 40.8 Å². The minimum Gasteiger partial charge on any atom is -0.453 e. The van der Waals surface area contributed by atoms with E-state index < -0.39 is 11.7 Å². The molecule has 0 bridgehead atoms. The summed E-state index contributed by atoms with van der Waals surface area (Å²) in [4.78, 5) is 34.1. The molecular weight excluding hydrogens is 336 g/mol. The van der Waals surface area contributed by atoms with Crippen molar-refractivity contribution in [3.8, 4) is 0 Å². The fraction of sp³-hybridized carbons (Fsp3) is 0.143. The molecule has 24 heavy (non-hydrogen) atoms. The molecule has 0 saturated carbocycles. The predicted octanol–water partition coefficient (Wildman–Crippen LogP) is 1.58. The Labute approximate surface area is 140 Å². The highest BCUT2D eigenvalue weighted by Gasteiger charge is 2.18. The van der Waals surface area contributed by atoms with Gasteiger partial charge in [0.25, 0.3) is 5.56 Å². The summed E-state index contributed by atoms with van der Waals surface area (Å²) >= 11 is 5.88. The molecule has 1 aromatic carbocycles. The first-order valence-electron chi connectivity index (χ1n) is 6.83. The molecule has 10 heteroatoms. The van der Waals surface area contributed by atoms with Crippen LogP contribution in [0.1, 0.15) is 5.56 Å². The van der Waals surface area contributed by atoms with E-state index in [0.29, 0.717) is 11.6 Å². The van der Waals surface area contributed by atoms with Gasteiger partial charge in [0.05, 0.1) is 13.7 Å². The maximum absolute atomic E-state index is 12.0. The zero-order chi connectivity index (χ0) is 17.3. The summed E-state index contributed by atoms with van der Waals surface area (Å²) in [6.07, 6.45) is -0.716. The van der Waals surface area contributed by atoms with Crippen LogP contribution < -0.4 is 16.6 Å². The molecule has 9 nitrogen and oxygen atoms in total. The minimum absolute atomic E-state index is 0.0469. The first-order valence-corrected chi connectivity index (χ1v) is 7.21. The lowest BCUT2D eigenvalue weighted by Gasteiger charge is -2.09. The molecule has 3 aromatic rings. The van der Waals surface area contributed by atoms with E-state index in [1.807, 2.05) is 12.1 Å². The Morgan fingerprint density at radius 1 is 1.38 bits per heavy atom. The van der Waals surface area contributed by atoms with Crippen LogP contribution >= 0.6 is 11.6 Å². The van der Waals surface area contributed by atoms with Crippen LogP contribution in [0, 0.1) is 0 Å². The number of aromatic nitrogens is 4. The quantitative estimate of drug-likeness (QED) is 0.659. The topological polar surface area (TPSA) is 128 Å². The van der Waals surface area contributed by atoms with E-state index in [1.165, 1.54) is 7.11 Å². The van der Waals surface area contributed by atoms with Crippen molar-refractivity contribution in [1.82, 2.24) is 19.5 Å². The second-order valence-corrected chi connectivity index (χ2v) is 5.32. The van der Waals surface area contributed by atoms with Gasteiger partial charge in [-0.2, -0.15) is 4.98 Å². The number of nitrogens with one attached hydrogen (secondary N) is 2. The van der Waals surface area contributed by atoms with Gasteiger partial charge in [-0.05, 0) is 17.7 Å². The molecule has 0 aliphatic rings. The van der Waals surface area contributed by atoms with Crippen molar-refractivity contribution in [3.63, 3.8) is 0 Å². The Hall–Kier alpha value is -3.07. The number of benzene rings is 1. The average Bonchev–Trinajstić information content (AvgIpc) is 2.87. The standard InChI is InChI=1S/C14H13ClN6O3/c1-24-14(23)20-13-17-9-10(18-12(16)19-11(9)22)21(13)6-7-2-4-8(15)5-3-7/h2-5H,6H2,1H3,(H,17,20,23)(H3,16,18,19,22). The van der Waals surface area contributed by atoms with Gasteiger partial charge in [-0.15, -0.1) is 0 Å². The number of carbonyl (C=O) groups is 1. The highest BCUT2D eigenvalue weighted by molar-refractivity contribution is 6.30. The number of nitrogens with two attached hydrogens (primary N) is 1. The van der Waals surface area contributed by atoms with Gasteiger partial charge in [0, 0.05) is 5.02 Å². The van der Waals surface area contributed by atoms with Crippen LogP contribution in [0.15, 0.2) is 29.1 Å². The number of ether oxygens (including phenoxy) is 1. The minimum atomic E-state index is -0.716. The SMILES string of the molecule is COC(=O)Nc1nc2c(=O)[nH]c(N)nc2n1Cc1ccc(Cl)cc1. The number of anilines is 2. The molecule has 0 aliphatic heterocycles. The number of rotatable bonds is 3. The lowest BCUT2D eigenvalue weighted by atomic mass is 10.2. The largest absolute Gasteiger partial charge is 0.453 e. The number of aromatic amines is 1. The van der Waals surface area contributed by atoms with Crippen LogP contribution in [-0.2, 0) is 11.3 Å². The van der Waals surface area contributed by atoms with Gasteiger partial charge in [-0.3, -0.25) is 19.7 Å². The van der Waals surface area contributed by atoms with Crippen molar-refractivity contribution in [1.29, 1.82) is 0 Å². The summed E-state index contributed by atoms with van der Waals surface area (Å²) in [6, 6.07) is 7.09. The van der Waals surface area contributed by atoms with Crippen LogP contribution in [0.2, 0.25) is 5.02 Å². The van der Waals surface area contributed by atoms with Crippen molar-refractivity contribution in [2.75, 3.05) is 18.2 Å². The number of methoxy groups -OCH3 is 1. The number of hydrogen-bond acceptors (Lipinski definition) is 6. The first kappa shape index (κ1) is 15.8. The van der Waals surface area contributed by atoms with Crippen LogP contribution in [-0.4, -0.2) is 32.7 Å². The summed E-state index contributed by atoms with van der Waals surface area (Å²) in [5.74, 6) is 0.0739. The molecule has 0 aliphatic carbocycles. The van der Waals surface area contributed by atoms with E-state index in [1.54, 1.807) is 16.7 Å². The van der Waals surface area contributed by atoms with Crippen LogP contribution in [0.25, 0.3) is 11.2 Å². The Morgan fingerprint density at radius 3 is 2.75 bits per heavy atom. The summed E-state index contributed by atoms with van der Waals surface area (Å²) in [6.45, 7) is 0.295. The molecule has 0 spiro atoms. The van der Waals surface area contributed by atoms with Gasteiger partial charge in [0.2, 0.25) is 11.9 Å². The highest BCUT2D eigenvalue weighted by atomic mass is 35.5. The Kier molecular flexibility index (Phi) is 4.09. The zero-order valence-corrected chi connectivity index (χ0v) is 13.3. The number of hydrogen-bond donors (Lipinski definition) is 3. The molecule has 2 aromatic heterocycles. The Balaban J connectivity index is 2.14. The second-order valence-electron chi connectivity index (χ2n) is 4.89. The van der Waals surface area contributed by atoms with Gasteiger partial charge in [-0.25, -0.2) is 9.78 Å². The molecule has 1 amide bonds. The fourth-order valence-electron chi connectivity index (χ4n) is 2.19. The number of halogens is 1. The molecule has 3 rings (SSSR count). The van der Waals surface area contributed by atoms with Crippen LogP contribution in [0.5, 0.6) is 0 Å². The third-order valence-corrected chi connectivity index (χ3v) is 3.53. The summed E-state index contributed by atoms with van der Waals surface area (Å²) in [5, 5.41) is 3.06. The third kappa shape index (κ3) is 3.01. The van der Waals surface area contributed by atoms with E-state index in [-0.39, 0.29) is 23.1 Å². The zero-order valence-electron chi connectivity index (χ0n) is 12.5. The third-order valence-electron chi connectivity index (χ3n) is 3.28. The number of fused-ring (bicyclic) bond motifs is 1. The molecule has 4 N–H and O–H groups in total. The van der Waals surface area contributed by atoms with Gasteiger partial charge in [-0.1, -0.05) is 23.7 Å². The summed E-state index contributed by atoms with van der Waals surface area (Å²) < 4.78 is 6.13. The molecule has 2 heterocycles. The average molecular weight is 349 g/mol. The molecule has 0 atom stereocenters. The van der Waals surface area contributed by atoms with Crippen molar-refractivity contribution in [3.05, 3.63) is 45.2 Å². The van der Waals surface area contributed by atoms with Crippen LogP contribution in [0.4, 0.5) is 16.7 Å². The predicted molar refractivity (Wildman–Crippen MR) is 89.1 cm³/mol. The molecular formula is C14H13ClN6O3. The Bertz CT molecular complexity index is 963. The fourth-order valence-corrected chi connectivity index (χ4v) is 2.31. The van der Waals surface area contributed by atoms with Gasteiger partial charge in [0.15, 0.2) is 11.2 Å². The number of nitrogens with zero attached hydrogens (tertiary/aromatic N) is 3. The molecule has 0 fully saturated rings. The van der Waals surface area contributed by atoms with E-state index in [4.69, 9.17) is 17.3 Å². The summed E-state index contributed by atoms with van der Waals surface area (Å²) in [7, 11) is 1.23. The first-order chi connectivity index (χ1) is 11.5. The number of amides is 1. The van der Waals surface area contributed by atoms with E-state index in [0.717, 1.165) is 5.56 Å². The number of H-pyrrole nitrogens is 1. The molecule has 0 saturated heterocycles. The lowest BCUT2D eigenvalue weighted by Crippen LogP contribution is -2.16. The van der Waals surface area contributed by atoms with Gasteiger partial charge < -0.3 is 10.5 Å². The number of carbonyl (C=O) groups excluding carboxylic acids is 1. The van der Waals surface area contributed by atoms with Crippen molar-refractivity contribution < 1.29 is 9.53 Å². The van der Waals surface area contributed by atoms with Crippen molar-refractivity contribution in [2.45, 2.75) is 6.54 Å². The van der Waals surface area contributed by atoms with Gasteiger partial charge in [0.1, 0.15) is 0 Å². The van der Waals surface area contributed by atoms with Crippen LogP contribution in [0.3, 0.4) is 0 Å². The Morgan fingerprint density at radius 2 is 2.08 bits per heavy atom. The van der Waals surface area contributed by atoms with Crippen molar-refractivity contribution in [2.24, 2.45) is 0 Å².